The molecule has 0 aromatic heterocycles. The van der Waals surface area contributed by atoms with Crippen LogP contribution in [0.3, 0.4) is 0 Å². The van der Waals surface area contributed by atoms with Crippen LogP contribution in [0.4, 0.5) is 0 Å². The maximum Gasteiger partial charge on any atom is 0.144 e. The molecule has 0 atom stereocenters. The first kappa shape index (κ1) is 15.3. The van der Waals surface area contributed by atoms with Crippen molar-refractivity contribution < 1.29 is 5.21 Å². The van der Waals surface area contributed by atoms with Crippen molar-refractivity contribution >= 4 is 28.4 Å². The van der Waals surface area contributed by atoms with Gasteiger partial charge in [-0.1, -0.05) is 48.8 Å². The Morgan fingerprint density at radius 1 is 1.33 bits per heavy atom. The van der Waals surface area contributed by atoms with Crippen LogP contribution in [0.5, 0.6) is 0 Å². The van der Waals surface area contributed by atoms with E-state index in [-0.39, 0.29) is 0 Å². The summed E-state index contributed by atoms with van der Waals surface area (Å²) in [6.07, 6.45) is 0. The van der Waals surface area contributed by atoms with Gasteiger partial charge >= 0.3 is 0 Å². The summed E-state index contributed by atoms with van der Waals surface area (Å²) in [5, 5.41) is 13.6. The molecule has 0 unspecified atom stereocenters. The van der Waals surface area contributed by atoms with Gasteiger partial charge in [0.15, 0.2) is 0 Å². The van der Waals surface area contributed by atoms with Crippen LogP contribution in [0.1, 0.15) is 19.4 Å². The molecule has 5 heteroatoms. The highest BCUT2D eigenvalue weighted by Gasteiger charge is 2.09. The molecule has 0 heterocycles. The Labute approximate surface area is 118 Å². The summed E-state index contributed by atoms with van der Waals surface area (Å²) in [7, 11) is 0. The predicted octanol–water partition coefficient (Wildman–Crippen LogP) is 3.55. The first-order valence-electron chi connectivity index (χ1n) is 6.05. The number of hydrogen-bond donors (Lipinski definition) is 1. The summed E-state index contributed by atoms with van der Waals surface area (Å²) < 4.78 is 0. The van der Waals surface area contributed by atoms with Crippen molar-refractivity contribution in [3.63, 3.8) is 0 Å². The molecule has 0 saturated carbocycles. The molecule has 1 rings (SSSR count). The zero-order valence-electron chi connectivity index (χ0n) is 10.8. The van der Waals surface area contributed by atoms with E-state index < -0.39 is 0 Å². The van der Waals surface area contributed by atoms with E-state index in [0.717, 1.165) is 31.0 Å². The Bertz CT molecular complexity index is 394. The molecule has 0 fully saturated rings. The van der Waals surface area contributed by atoms with Crippen molar-refractivity contribution in [3.05, 3.63) is 34.9 Å². The third-order valence-electron chi connectivity index (χ3n) is 2.74. The Morgan fingerprint density at radius 3 is 2.56 bits per heavy atom. The highest BCUT2D eigenvalue weighted by molar-refractivity contribution is 8.14. The van der Waals surface area contributed by atoms with Gasteiger partial charge in [0.1, 0.15) is 5.04 Å². The molecule has 0 aliphatic rings. The molecule has 0 amide bonds. The standard InChI is InChI=1S/C13H19ClN2OS/c1-3-16(4-2)9-10-18-13(15-17)11-7-5-6-8-12(11)14/h5-8,17H,3-4,9-10H2,1-2H3/b15-13+. The van der Waals surface area contributed by atoms with E-state index >= 15 is 0 Å². The predicted molar refractivity (Wildman–Crippen MR) is 80.0 cm³/mol. The van der Waals surface area contributed by atoms with Gasteiger partial charge in [0.05, 0.1) is 5.02 Å². The second-order valence-corrected chi connectivity index (χ2v) is 5.25. The van der Waals surface area contributed by atoms with Crippen molar-refractivity contribution in [2.24, 2.45) is 5.16 Å². The van der Waals surface area contributed by atoms with Crippen molar-refractivity contribution in [3.8, 4) is 0 Å². The number of halogens is 1. The Morgan fingerprint density at radius 2 is 2.00 bits per heavy atom. The van der Waals surface area contributed by atoms with Gasteiger partial charge in [0.25, 0.3) is 0 Å². The lowest BCUT2D eigenvalue weighted by Crippen LogP contribution is -2.25. The average Bonchev–Trinajstić information content (AvgIpc) is 2.40. The van der Waals surface area contributed by atoms with Gasteiger partial charge < -0.3 is 10.1 Å². The van der Waals surface area contributed by atoms with Crippen LogP contribution < -0.4 is 0 Å². The van der Waals surface area contributed by atoms with Gasteiger partial charge in [-0.3, -0.25) is 0 Å². The van der Waals surface area contributed by atoms with Crippen LogP contribution in [-0.2, 0) is 0 Å². The van der Waals surface area contributed by atoms with Gasteiger partial charge in [0, 0.05) is 17.9 Å². The molecule has 3 nitrogen and oxygen atoms in total. The SMILES string of the molecule is CCN(CC)CCS/C(=N/O)c1ccccc1Cl. The molecule has 1 aromatic rings. The van der Waals surface area contributed by atoms with Gasteiger partial charge in [-0.2, -0.15) is 0 Å². The molecule has 18 heavy (non-hydrogen) atoms. The van der Waals surface area contributed by atoms with Gasteiger partial charge in [-0.25, -0.2) is 0 Å². The fourth-order valence-electron chi connectivity index (χ4n) is 1.61. The Kier molecular flexibility index (Phi) is 7.16. The van der Waals surface area contributed by atoms with E-state index in [1.807, 2.05) is 18.2 Å². The van der Waals surface area contributed by atoms with Crippen molar-refractivity contribution in [2.45, 2.75) is 13.8 Å². The minimum Gasteiger partial charge on any atom is -0.410 e. The molecule has 0 saturated heterocycles. The lowest BCUT2D eigenvalue weighted by Gasteiger charge is -2.17. The molecular weight excluding hydrogens is 268 g/mol. The third-order valence-corrected chi connectivity index (χ3v) is 4.03. The topological polar surface area (TPSA) is 35.8 Å². The average molecular weight is 287 g/mol. The van der Waals surface area contributed by atoms with E-state index in [9.17, 15) is 0 Å². The number of rotatable bonds is 6. The molecule has 0 bridgehead atoms. The van der Waals surface area contributed by atoms with Crippen LogP contribution >= 0.6 is 23.4 Å². The lowest BCUT2D eigenvalue weighted by atomic mass is 10.2. The molecule has 0 spiro atoms. The van der Waals surface area contributed by atoms with E-state index in [4.69, 9.17) is 16.8 Å². The molecule has 0 aliphatic carbocycles. The summed E-state index contributed by atoms with van der Waals surface area (Å²) >= 11 is 7.60. The maximum atomic E-state index is 9.08. The van der Waals surface area contributed by atoms with Crippen molar-refractivity contribution in [1.82, 2.24) is 4.90 Å². The highest BCUT2D eigenvalue weighted by Crippen LogP contribution is 2.21. The molecule has 1 N–H and O–H groups in total. The number of thioether (sulfide) groups is 1. The quantitative estimate of drug-likeness (QED) is 0.376. The smallest absolute Gasteiger partial charge is 0.144 e. The second-order valence-electron chi connectivity index (χ2n) is 3.76. The number of oxime groups is 1. The zero-order valence-corrected chi connectivity index (χ0v) is 12.3. The third kappa shape index (κ3) is 4.52. The van der Waals surface area contributed by atoms with E-state index in [1.165, 1.54) is 11.8 Å². The van der Waals surface area contributed by atoms with E-state index in [1.54, 1.807) is 6.07 Å². The highest BCUT2D eigenvalue weighted by atomic mass is 35.5. The van der Waals surface area contributed by atoms with Crippen LogP contribution in [0, 0.1) is 0 Å². The molecule has 100 valence electrons. The number of nitrogens with zero attached hydrogens (tertiary/aromatic N) is 2. The van der Waals surface area contributed by atoms with Crippen molar-refractivity contribution in [1.29, 1.82) is 0 Å². The van der Waals surface area contributed by atoms with Crippen LogP contribution in [0.2, 0.25) is 5.02 Å². The zero-order chi connectivity index (χ0) is 13.4. The summed E-state index contributed by atoms with van der Waals surface area (Å²) in [6.45, 7) is 7.33. The van der Waals surface area contributed by atoms with Crippen LogP contribution in [-0.4, -0.2) is 40.5 Å². The fraction of sp³-hybridized carbons (Fsp3) is 0.462. The van der Waals surface area contributed by atoms with Gasteiger partial charge in [-0.05, 0) is 19.2 Å². The summed E-state index contributed by atoms with van der Waals surface area (Å²) in [5.74, 6) is 0.881. The minimum atomic E-state index is 0.577. The van der Waals surface area contributed by atoms with Gasteiger partial charge in [-0.15, -0.1) is 11.8 Å². The lowest BCUT2D eigenvalue weighted by molar-refractivity contribution is 0.320. The molecule has 1 aromatic carbocycles. The van der Waals surface area contributed by atoms with Gasteiger partial charge in [0.2, 0.25) is 0 Å². The molecule has 0 aliphatic heterocycles. The summed E-state index contributed by atoms with van der Waals surface area (Å²) in [4.78, 5) is 2.33. The van der Waals surface area contributed by atoms with Crippen molar-refractivity contribution in [2.75, 3.05) is 25.4 Å². The summed E-state index contributed by atoms with van der Waals surface area (Å²) in [6, 6.07) is 7.41. The van der Waals surface area contributed by atoms with Crippen LogP contribution in [0.25, 0.3) is 0 Å². The minimum absolute atomic E-state index is 0.577. The van der Waals surface area contributed by atoms with E-state index in [0.29, 0.717) is 10.1 Å². The monoisotopic (exact) mass is 286 g/mol. The van der Waals surface area contributed by atoms with E-state index in [2.05, 4.69) is 23.9 Å². The normalized spacial score (nSPS) is 12.1. The first-order chi connectivity index (χ1) is 8.72. The second kappa shape index (κ2) is 8.40. The summed E-state index contributed by atoms with van der Waals surface area (Å²) in [5.41, 5.74) is 0.784. The Balaban J connectivity index is 2.57. The Hall–Kier alpha value is -0.710. The largest absolute Gasteiger partial charge is 0.410 e. The molecule has 0 radical (unpaired) electrons. The fourth-order valence-corrected chi connectivity index (χ4v) is 2.82. The van der Waals surface area contributed by atoms with Crippen LogP contribution in [0.15, 0.2) is 29.4 Å². The first-order valence-corrected chi connectivity index (χ1v) is 7.41. The maximum absolute atomic E-state index is 9.08. The molecular formula is C13H19ClN2OS. The number of hydrogen-bond acceptors (Lipinski definition) is 4. The number of benzene rings is 1.